The lowest BCUT2D eigenvalue weighted by Gasteiger charge is -2.34. The Bertz CT molecular complexity index is 908. The van der Waals surface area contributed by atoms with Crippen molar-refractivity contribution >= 4 is 27.3 Å². The number of oxime groups is 1. The number of amides is 1. The predicted molar refractivity (Wildman–Crippen MR) is 109 cm³/mol. The maximum Gasteiger partial charge on any atom is 0.265 e. The van der Waals surface area contributed by atoms with E-state index in [1.54, 1.807) is 12.1 Å². The van der Waals surface area contributed by atoms with Crippen LogP contribution in [0.3, 0.4) is 0 Å². The van der Waals surface area contributed by atoms with E-state index >= 15 is 0 Å². The summed E-state index contributed by atoms with van der Waals surface area (Å²) in [4.78, 5) is 17.6. The van der Waals surface area contributed by atoms with Crippen LogP contribution < -0.4 is 5.32 Å². The molecule has 0 heterocycles. The standard InChI is InChI=1S/C20H29N3O4S/c1-19(2)14-9-10-20(19,3)17(11-14)22-27-13-18(24)21-15-7-6-8-16(12-15)28(25,26)23(4)5/h6-8,12,14H,9-11,13H2,1-5H3,(H,21,24)/b22-17-/t14-,20+/m1/s1. The third kappa shape index (κ3) is 3.43. The number of nitrogens with zero attached hydrogens (tertiary/aromatic N) is 2. The Hall–Kier alpha value is -1.93. The fourth-order valence-corrected chi connectivity index (χ4v) is 5.33. The molecule has 0 aromatic heterocycles. The van der Waals surface area contributed by atoms with E-state index in [0.29, 0.717) is 11.6 Å². The highest BCUT2D eigenvalue weighted by atomic mass is 32.2. The minimum absolute atomic E-state index is 0.0308. The normalized spacial score (nSPS) is 27.4. The van der Waals surface area contributed by atoms with Crippen molar-refractivity contribution in [2.75, 3.05) is 26.0 Å². The minimum Gasteiger partial charge on any atom is -0.386 e. The van der Waals surface area contributed by atoms with Gasteiger partial charge in [0.2, 0.25) is 10.0 Å². The molecule has 28 heavy (non-hydrogen) atoms. The number of sulfonamides is 1. The summed E-state index contributed by atoms with van der Waals surface area (Å²) in [6, 6.07) is 6.15. The van der Waals surface area contributed by atoms with Gasteiger partial charge in [-0.15, -0.1) is 0 Å². The maximum atomic E-state index is 12.2. The van der Waals surface area contributed by atoms with Crippen LogP contribution in [-0.4, -0.2) is 45.0 Å². The molecule has 2 bridgehead atoms. The number of nitrogens with one attached hydrogen (secondary N) is 1. The van der Waals surface area contributed by atoms with Crippen molar-refractivity contribution in [1.82, 2.24) is 4.31 Å². The molecular formula is C20H29N3O4S. The zero-order valence-electron chi connectivity index (χ0n) is 17.2. The smallest absolute Gasteiger partial charge is 0.265 e. The van der Waals surface area contributed by atoms with Crippen molar-refractivity contribution in [1.29, 1.82) is 0 Å². The Morgan fingerprint density at radius 1 is 1.32 bits per heavy atom. The highest BCUT2D eigenvalue weighted by Gasteiger charge is 2.60. The van der Waals surface area contributed by atoms with Gasteiger partial charge in [0.25, 0.3) is 5.91 Å². The summed E-state index contributed by atoms with van der Waals surface area (Å²) in [5, 5.41) is 6.95. The molecule has 2 fully saturated rings. The number of hydrogen-bond donors (Lipinski definition) is 1. The van der Waals surface area contributed by atoms with Crippen LogP contribution in [0.1, 0.15) is 40.0 Å². The summed E-state index contributed by atoms with van der Waals surface area (Å²) in [6.45, 7) is 6.59. The second-order valence-electron chi connectivity index (χ2n) is 8.67. The molecule has 1 aromatic rings. The molecule has 1 N–H and O–H groups in total. The quantitative estimate of drug-likeness (QED) is 0.734. The number of rotatable bonds is 6. The van der Waals surface area contributed by atoms with Gasteiger partial charge in [0.1, 0.15) is 0 Å². The second-order valence-corrected chi connectivity index (χ2v) is 10.8. The fourth-order valence-electron chi connectivity index (χ4n) is 4.38. The van der Waals surface area contributed by atoms with E-state index in [0.717, 1.165) is 22.9 Å². The van der Waals surface area contributed by atoms with Crippen molar-refractivity contribution < 1.29 is 18.0 Å². The van der Waals surface area contributed by atoms with Crippen LogP contribution in [0, 0.1) is 16.7 Å². The first-order valence-corrected chi connectivity index (χ1v) is 10.9. The molecule has 1 aromatic carbocycles. The molecular weight excluding hydrogens is 378 g/mol. The van der Waals surface area contributed by atoms with Crippen molar-refractivity contribution in [3.63, 3.8) is 0 Å². The monoisotopic (exact) mass is 407 g/mol. The molecule has 1 amide bonds. The van der Waals surface area contributed by atoms with E-state index in [1.807, 2.05) is 0 Å². The van der Waals surface area contributed by atoms with Crippen LogP contribution in [0.15, 0.2) is 34.3 Å². The number of carbonyl (C=O) groups is 1. The van der Waals surface area contributed by atoms with E-state index in [9.17, 15) is 13.2 Å². The van der Waals surface area contributed by atoms with Gasteiger partial charge in [-0.2, -0.15) is 0 Å². The summed E-state index contributed by atoms with van der Waals surface area (Å²) < 4.78 is 25.5. The van der Waals surface area contributed by atoms with E-state index in [2.05, 4.69) is 31.2 Å². The van der Waals surface area contributed by atoms with E-state index in [4.69, 9.17) is 4.84 Å². The number of hydrogen-bond acceptors (Lipinski definition) is 5. The van der Waals surface area contributed by atoms with Crippen LogP contribution in [-0.2, 0) is 19.7 Å². The summed E-state index contributed by atoms with van der Waals surface area (Å²) in [5.41, 5.74) is 1.68. The van der Waals surface area contributed by atoms with Gasteiger partial charge in [-0.1, -0.05) is 32.0 Å². The molecule has 2 atom stereocenters. The molecule has 7 nitrogen and oxygen atoms in total. The highest BCUT2D eigenvalue weighted by molar-refractivity contribution is 7.89. The largest absolute Gasteiger partial charge is 0.386 e. The molecule has 2 aliphatic carbocycles. The van der Waals surface area contributed by atoms with Gasteiger partial charge in [0, 0.05) is 25.2 Å². The topological polar surface area (TPSA) is 88.1 Å². The Morgan fingerprint density at radius 2 is 2.04 bits per heavy atom. The number of benzene rings is 1. The zero-order valence-corrected chi connectivity index (χ0v) is 18.0. The molecule has 0 aliphatic heterocycles. The van der Waals surface area contributed by atoms with Crippen molar-refractivity contribution in [3.8, 4) is 0 Å². The van der Waals surface area contributed by atoms with Gasteiger partial charge in [0.05, 0.1) is 10.6 Å². The van der Waals surface area contributed by atoms with Gasteiger partial charge < -0.3 is 10.2 Å². The lowest BCUT2D eigenvalue weighted by atomic mass is 9.70. The predicted octanol–water partition coefficient (Wildman–Crippen LogP) is 3.09. The van der Waals surface area contributed by atoms with Crippen LogP contribution >= 0.6 is 0 Å². The first-order chi connectivity index (χ1) is 13.0. The average Bonchev–Trinajstić information content (AvgIpc) is 2.95. The Morgan fingerprint density at radius 3 is 2.61 bits per heavy atom. The third-order valence-electron chi connectivity index (χ3n) is 6.78. The van der Waals surface area contributed by atoms with Gasteiger partial charge in [0.15, 0.2) is 6.61 Å². The highest BCUT2D eigenvalue weighted by Crippen LogP contribution is 2.63. The van der Waals surface area contributed by atoms with Crippen LogP contribution in [0.5, 0.6) is 0 Å². The van der Waals surface area contributed by atoms with Gasteiger partial charge in [-0.3, -0.25) is 4.79 Å². The fraction of sp³-hybridized carbons (Fsp3) is 0.600. The summed E-state index contributed by atoms with van der Waals surface area (Å²) >= 11 is 0. The number of fused-ring (bicyclic) bond motifs is 2. The van der Waals surface area contributed by atoms with Crippen molar-refractivity contribution in [2.24, 2.45) is 21.9 Å². The molecule has 0 radical (unpaired) electrons. The number of anilines is 1. The van der Waals surface area contributed by atoms with Crippen LogP contribution in [0.25, 0.3) is 0 Å². The molecule has 0 saturated heterocycles. The summed E-state index contributed by atoms with van der Waals surface area (Å²) in [7, 11) is -0.630. The molecule has 154 valence electrons. The molecule has 3 rings (SSSR count). The Labute approximate surface area is 167 Å². The van der Waals surface area contributed by atoms with Crippen molar-refractivity contribution in [3.05, 3.63) is 24.3 Å². The van der Waals surface area contributed by atoms with E-state index < -0.39 is 10.0 Å². The first-order valence-electron chi connectivity index (χ1n) is 9.50. The SMILES string of the molecule is CN(C)S(=O)(=O)c1cccc(NC(=O)CO/N=C2/C[C@H]3CC[C@]2(C)C3(C)C)c1. The molecule has 0 unspecified atom stereocenters. The summed E-state index contributed by atoms with van der Waals surface area (Å²) in [5.74, 6) is 0.242. The molecule has 2 aliphatic rings. The second kappa shape index (κ2) is 7.15. The summed E-state index contributed by atoms with van der Waals surface area (Å²) in [6.07, 6.45) is 3.25. The van der Waals surface area contributed by atoms with Crippen LogP contribution in [0.2, 0.25) is 0 Å². The third-order valence-corrected chi connectivity index (χ3v) is 8.59. The molecule has 8 heteroatoms. The van der Waals surface area contributed by atoms with Crippen LogP contribution in [0.4, 0.5) is 5.69 Å². The Balaban J connectivity index is 1.61. The number of carbonyl (C=O) groups excluding carboxylic acids is 1. The van der Waals surface area contributed by atoms with Crippen molar-refractivity contribution in [2.45, 2.75) is 44.9 Å². The van der Waals surface area contributed by atoms with Gasteiger partial charge >= 0.3 is 0 Å². The Kier molecular flexibility index (Phi) is 5.31. The van der Waals surface area contributed by atoms with Gasteiger partial charge in [-0.25, -0.2) is 12.7 Å². The zero-order chi connectivity index (χ0) is 20.7. The maximum absolute atomic E-state index is 12.2. The average molecular weight is 408 g/mol. The lowest BCUT2D eigenvalue weighted by molar-refractivity contribution is -0.120. The van der Waals surface area contributed by atoms with Gasteiger partial charge in [-0.05, 0) is 48.8 Å². The van der Waals surface area contributed by atoms with E-state index in [1.165, 1.54) is 32.6 Å². The minimum atomic E-state index is -3.56. The lowest BCUT2D eigenvalue weighted by Crippen LogP contribution is -2.32. The first kappa shape index (κ1) is 20.8. The molecule has 0 spiro atoms. The molecule has 2 saturated carbocycles. The van der Waals surface area contributed by atoms with E-state index in [-0.39, 0.29) is 28.2 Å².